The molecule has 4 nitrogen and oxygen atoms in total. The molecule has 0 bridgehead atoms. The van der Waals surface area contributed by atoms with Crippen LogP contribution in [0, 0.1) is 5.92 Å². The number of carbonyl (C=O) groups excluding carboxylic acids is 1. The van der Waals surface area contributed by atoms with Gasteiger partial charge in [-0.2, -0.15) is 5.10 Å². The van der Waals surface area contributed by atoms with Gasteiger partial charge in [0.2, 0.25) is 0 Å². The van der Waals surface area contributed by atoms with Gasteiger partial charge in [0, 0.05) is 11.3 Å². The smallest absolute Gasteiger partial charge is 0.271 e. The van der Waals surface area contributed by atoms with Crippen LogP contribution < -0.4 is 10.2 Å². The van der Waals surface area contributed by atoms with Crippen LogP contribution in [0.2, 0.25) is 0 Å². The lowest BCUT2D eigenvalue weighted by Crippen LogP contribution is -2.19. The molecule has 1 fully saturated rings. The molecule has 0 aliphatic heterocycles. The number of hydrazone groups is 1. The largest absolute Gasteiger partial charge is 0.494 e. The third kappa shape index (κ3) is 3.32. The summed E-state index contributed by atoms with van der Waals surface area (Å²) in [6.07, 6.45) is 2.38. The summed E-state index contributed by atoms with van der Waals surface area (Å²) >= 11 is 0. The molecule has 96 valence electrons. The summed E-state index contributed by atoms with van der Waals surface area (Å²) in [6.45, 7) is 4.50. The highest BCUT2D eigenvalue weighted by Crippen LogP contribution is 2.30. The van der Waals surface area contributed by atoms with Gasteiger partial charge in [0.05, 0.1) is 6.61 Å². The van der Waals surface area contributed by atoms with Crippen molar-refractivity contribution in [2.24, 2.45) is 11.0 Å². The van der Waals surface area contributed by atoms with Gasteiger partial charge in [0.1, 0.15) is 5.75 Å². The van der Waals surface area contributed by atoms with E-state index in [0.717, 1.165) is 11.5 Å². The molecule has 1 aromatic carbocycles. The summed E-state index contributed by atoms with van der Waals surface area (Å²) in [5.74, 6) is 1.16. The van der Waals surface area contributed by atoms with E-state index in [1.807, 2.05) is 13.8 Å². The van der Waals surface area contributed by atoms with Gasteiger partial charge < -0.3 is 4.74 Å². The number of hydrogen-bond acceptors (Lipinski definition) is 3. The summed E-state index contributed by atoms with van der Waals surface area (Å²) in [7, 11) is 0. The molecule has 0 atom stereocenters. The lowest BCUT2D eigenvalue weighted by molar-refractivity contribution is 0.0954. The van der Waals surface area contributed by atoms with Crippen molar-refractivity contribution < 1.29 is 9.53 Å². The molecular weight excluding hydrogens is 228 g/mol. The van der Waals surface area contributed by atoms with E-state index in [-0.39, 0.29) is 5.91 Å². The normalized spacial score (nSPS) is 15.3. The van der Waals surface area contributed by atoms with Crippen molar-refractivity contribution in [3.8, 4) is 5.75 Å². The first-order chi connectivity index (χ1) is 8.70. The molecule has 0 unspecified atom stereocenters. The van der Waals surface area contributed by atoms with Crippen molar-refractivity contribution >= 4 is 11.6 Å². The molecule has 1 aromatic rings. The third-order valence-electron chi connectivity index (χ3n) is 2.93. The van der Waals surface area contributed by atoms with Gasteiger partial charge in [-0.05, 0) is 56.9 Å². The van der Waals surface area contributed by atoms with Gasteiger partial charge in [-0.25, -0.2) is 5.43 Å². The number of benzene rings is 1. The minimum absolute atomic E-state index is 0.182. The third-order valence-corrected chi connectivity index (χ3v) is 2.93. The number of nitrogens with one attached hydrogen (secondary N) is 1. The molecule has 4 heteroatoms. The van der Waals surface area contributed by atoms with Crippen LogP contribution in [0.4, 0.5) is 0 Å². The van der Waals surface area contributed by atoms with Gasteiger partial charge in [-0.1, -0.05) is 0 Å². The predicted octanol–water partition coefficient (Wildman–Crippen LogP) is 2.60. The predicted molar refractivity (Wildman–Crippen MR) is 70.9 cm³/mol. The van der Waals surface area contributed by atoms with Crippen LogP contribution in [0.25, 0.3) is 0 Å². The van der Waals surface area contributed by atoms with Crippen molar-refractivity contribution in [1.29, 1.82) is 0 Å². The first-order valence-electron chi connectivity index (χ1n) is 6.28. The molecule has 0 saturated heterocycles. The minimum Gasteiger partial charge on any atom is -0.494 e. The summed E-state index contributed by atoms with van der Waals surface area (Å²) in [5, 5.41) is 4.11. The zero-order valence-corrected chi connectivity index (χ0v) is 10.8. The zero-order chi connectivity index (χ0) is 13.0. The maximum absolute atomic E-state index is 11.8. The fraction of sp³-hybridized carbons (Fsp3) is 0.429. The second-order valence-electron chi connectivity index (χ2n) is 4.43. The molecule has 18 heavy (non-hydrogen) atoms. The highest BCUT2D eigenvalue weighted by Gasteiger charge is 2.24. The maximum Gasteiger partial charge on any atom is 0.271 e. The Morgan fingerprint density at radius 1 is 1.39 bits per heavy atom. The number of rotatable bonds is 5. The van der Waals surface area contributed by atoms with Crippen molar-refractivity contribution in [2.75, 3.05) is 6.61 Å². The second kappa shape index (κ2) is 5.67. The zero-order valence-electron chi connectivity index (χ0n) is 10.8. The molecule has 1 amide bonds. The molecular formula is C14H18N2O2. The van der Waals surface area contributed by atoms with Gasteiger partial charge in [-0.15, -0.1) is 0 Å². The Morgan fingerprint density at radius 2 is 2.06 bits per heavy atom. The SMILES string of the molecule is CCOc1ccc(C(=O)NN=C(C)C2CC2)cc1. The Hall–Kier alpha value is -1.84. The average Bonchev–Trinajstić information content (AvgIpc) is 3.21. The topological polar surface area (TPSA) is 50.7 Å². The van der Waals surface area contributed by atoms with Crippen molar-refractivity contribution in [3.05, 3.63) is 29.8 Å². The first-order valence-corrected chi connectivity index (χ1v) is 6.28. The summed E-state index contributed by atoms with van der Waals surface area (Å²) in [6, 6.07) is 7.05. The van der Waals surface area contributed by atoms with E-state index in [1.54, 1.807) is 24.3 Å². The van der Waals surface area contributed by atoms with Crippen LogP contribution in [0.15, 0.2) is 29.4 Å². The van der Waals surface area contributed by atoms with E-state index in [0.29, 0.717) is 18.1 Å². The van der Waals surface area contributed by atoms with E-state index < -0.39 is 0 Å². The number of hydrogen-bond donors (Lipinski definition) is 1. The number of nitrogens with zero attached hydrogens (tertiary/aromatic N) is 1. The Labute approximate surface area is 107 Å². The summed E-state index contributed by atoms with van der Waals surface area (Å²) in [5.41, 5.74) is 4.18. The molecule has 0 heterocycles. The molecule has 1 saturated carbocycles. The van der Waals surface area contributed by atoms with Crippen molar-refractivity contribution in [2.45, 2.75) is 26.7 Å². The highest BCUT2D eigenvalue weighted by molar-refractivity contribution is 5.95. The molecule has 0 aromatic heterocycles. The van der Waals surface area contributed by atoms with E-state index >= 15 is 0 Å². The lowest BCUT2D eigenvalue weighted by Gasteiger charge is -2.04. The Bertz CT molecular complexity index is 447. The van der Waals surface area contributed by atoms with Gasteiger partial charge >= 0.3 is 0 Å². The first kappa shape index (κ1) is 12.6. The highest BCUT2D eigenvalue weighted by atomic mass is 16.5. The fourth-order valence-electron chi connectivity index (χ4n) is 1.67. The molecule has 2 rings (SSSR count). The average molecular weight is 246 g/mol. The molecule has 0 spiro atoms. The van der Waals surface area contributed by atoms with Crippen LogP contribution in [0.5, 0.6) is 5.75 Å². The minimum atomic E-state index is -0.182. The number of ether oxygens (including phenoxy) is 1. The number of carbonyl (C=O) groups is 1. The van der Waals surface area contributed by atoms with E-state index in [4.69, 9.17) is 4.74 Å². The standard InChI is InChI=1S/C14H18N2O2/c1-3-18-13-8-6-12(7-9-13)14(17)16-15-10(2)11-4-5-11/h6-9,11H,3-5H2,1-2H3,(H,16,17). The lowest BCUT2D eigenvalue weighted by atomic mass is 10.2. The fourth-order valence-corrected chi connectivity index (χ4v) is 1.67. The van der Waals surface area contributed by atoms with E-state index in [1.165, 1.54) is 12.8 Å². The number of amides is 1. The van der Waals surface area contributed by atoms with Crippen molar-refractivity contribution in [3.63, 3.8) is 0 Å². The molecule has 1 aliphatic carbocycles. The quantitative estimate of drug-likeness (QED) is 0.641. The Morgan fingerprint density at radius 3 is 2.61 bits per heavy atom. The van der Waals surface area contributed by atoms with Crippen LogP contribution in [0.3, 0.4) is 0 Å². The maximum atomic E-state index is 11.8. The van der Waals surface area contributed by atoms with Crippen LogP contribution >= 0.6 is 0 Å². The summed E-state index contributed by atoms with van der Waals surface area (Å²) < 4.78 is 5.32. The molecule has 1 N–H and O–H groups in total. The second-order valence-corrected chi connectivity index (χ2v) is 4.43. The molecule has 0 radical (unpaired) electrons. The van der Waals surface area contributed by atoms with E-state index in [2.05, 4.69) is 10.5 Å². The van der Waals surface area contributed by atoms with Gasteiger partial charge in [0.25, 0.3) is 5.91 Å². The van der Waals surface area contributed by atoms with Crippen LogP contribution in [0.1, 0.15) is 37.0 Å². The van der Waals surface area contributed by atoms with Crippen molar-refractivity contribution in [1.82, 2.24) is 5.43 Å². The van der Waals surface area contributed by atoms with E-state index in [9.17, 15) is 4.79 Å². The molecule has 1 aliphatic rings. The van der Waals surface area contributed by atoms with Crippen LogP contribution in [-0.4, -0.2) is 18.2 Å². The summed E-state index contributed by atoms with van der Waals surface area (Å²) in [4.78, 5) is 11.8. The monoisotopic (exact) mass is 246 g/mol. The van der Waals surface area contributed by atoms with Gasteiger partial charge in [-0.3, -0.25) is 4.79 Å². The Kier molecular flexibility index (Phi) is 3.97. The van der Waals surface area contributed by atoms with Crippen LogP contribution in [-0.2, 0) is 0 Å². The Balaban J connectivity index is 1.93. The van der Waals surface area contributed by atoms with Gasteiger partial charge in [0.15, 0.2) is 0 Å².